The summed E-state index contributed by atoms with van der Waals surface area (Å²) in [5.74, 6) is -0.442. The first-order valence-electron chi connectivity index (χ1n) is 3.51. The molecule has 2 aromatic rings. The maximum Gasteiger partial charge on any atom is 0.265 e. The molecule has 0 aliphatic heterocycles. The van der Waals surface area contributed by atoms with Gasteiger partial charge in [-0.2, -0.15) is 0 Å². The summed E-state index contributed by atoms with van der Waals surface area (Å²) >= 11 is 0. The van der Waals surface area contributed by atoms with E-state index in [0.29, 0.717) is 5.69 Å². The van der Waals surface area contributed by atoms with Crippen LogP contribution in [0.2, 0.25) is 0 Å². The van der Waals surface area contributed by atoms with Crippen molar-refractivity contribution < 1.29 is 4.79 Å². The van der Waals surface area contributed by atoms with Crippen LogP contribution >= 0.6 is 0 Å². The van der Waals surface area contributed by atoms with Gasteiger partial charge in [-0.05, 0) is 18.2 Å². The number of nitrogens with two attached hydrogens (primary N) is 1. The van der Waals surface area contributed by atoms with Gasteiger partial charge in [0.25, 0.3) is 5.91 Å². The molecule has 0 bridgehead atoms. The van der Waals surface area contributed by atoms with Crippen molar-refractivity contribution in [3.8, 4) is 0 Å². The Morgan fingerprint density at radius 3 is 3.08 bits per heavy atom. The number of nitrogens with zero attached hydrogens (tertiary/aromatic N) is 2. The molecule has 0 atom stereocenters. The van der Waals surface area contributed by atoms with E-state index < -0.39 is 5.91 Å². The molecule has 4 nitrogen and oxygen atoms in total. The van der Waals surface area contributed by atoms with Crippen LogP contribution in [0.3, 0.4) is 0 Å². The first-order chi connectivity index (χ1) is 5.79. The fourth-order valence-electron chi connectivity index (χ4n) is 1.14. The maximum atomic E-state index is 10.8. The molecule has 0 unspecified atom stereocenters. The standard InChI is InChI=1S/C8H7N3O/c9-8(12)6-2-3-7-10-4-1-5-11(6)7/h1-5H,(H2,9,12). The first-order valence-corrected chi connectivity index (χ1v) is 3.51. The second kappa shape index (κ2) is 2.34. The molecule has 0 saturated heterocycles. The van der Waals surface area contributed by atoms with Crippen LogP contribution in [0.25, 0.3) is 5.65 Å². The van der Waals surface area contributed by atoms with Gasteiger partial charge in [0.15, 0.2) is 0 Å². The fourth-order valence-corrected chi connectivity index (χ4v) is 1.14. The van der Waals surface area contributed by atoms with E-state index in [1.807, 2.05) is 0 Å². The number of hydrogen-bond donors (Lipinski definition) is 1. The van der Waals surface area contributed by atoms with Gasteiger partial charge in [0, 0.05) is 12.4 Å². The first kappa shape index (κ1) is 6.84. The Bertz CT molecular complexity index is 433. The Hall–Kier alpha value is -1.84. The van der Waals surface area contributed by atoms with Crippen molar-refractivity contribution in [1.29, 1.82) is 0 Å². The Morgan fingerprint density at radius 2 is 2.33 bits per heavy atom. The molecule has 0 aromatic carbocycles. The lowest BCUT2D eigenvalue weighted by molar-refractivity contribution is 0.0995. The molecule has 4 heteroatoms. The summed E-state index contributed by atoms with van der Waals surface area (Å²) in [6.07, 6.45) is 3.42. The zero-order valence-corrected chi connectivity index (χ0v) is 6.27. The van der Waals surface area contributed by atoms with E-state index in [-0.39, 0.29) is 0 Å². The van der Waals surface area contributed by atoms with Gasteiger partial charge in [-0.25, -0.2) is 4.98 Å². The third-order valence-electron chi connectivity index (χ3n) is 1.68. The fraction of sp³-hybridized carbons (Fsp3) is 0. The van der Waals surface area contributed by atoms with Crippen LogP contribution in [0.4, 0.5) is 0 Å². The van der Waals surface area contributed by atoms with Gasteiger partial charge in [-0.3, -0.25) is 9.20 Å². The number of carbonyl (C=O) groups excluding carboxylic acids is 1. The minimum atomic E-state index is -0.442. The topological polar surface area (TPSA) is 60.4 Å². The SMILES string of the molecule is NC(=O)c1ccc2ncccn12. The van der Waals surface area contributed by atoms with E-state index in [0.717, 1.165) is 5.65 Å². The third kappa shape index (κ3) is 0.852. The van der Waals surface area contributed by atoms with Crippen molar-refractivity contribution in [2.75, 3.05) is 0 Å². The largest absolute Gasteiger partial charge is 0.364 e. The molecule has 2 aromatic heterocycles. The van der Waals surface area contributed by atoms with Gasteiger partial charge in [-0.1, -0.05) is 0 Å². The molecule has 0 fully saturated rings. The van der Waals surface area contributed by atoms with Crippen molar-refractivity contribution in [3.05, 3.63) is 36.3 Å². The predicted molar refractivity (Wildman–Crippen MR) is 43.7 cm³/mol. The van der Waals surface area contributed by atoms with Crippen LogP contribution in [0, 0.1) is 0 Å². The molecule has 2 N–H and O–H groups in total. The molecule has 2 heterocycles. The monoisotopic (exact) mass is 161 g/mol. The highest BCUT2D eigenvalue weighted by atomic mass is 16.1. The van der Waals surface area contributed by atoms with Crippen LogP contribution in [0.5, 0.6) is 0 Å². The van der Waals surface area contributed by atoms with Gasteiger partial charge >= 0.3 is 0 Å². The number of rotatable bonds is 1. The highest BCUT2D eigenvalue weighted by Gasteiger charge is 2.05. The number of carbonyl (C=O) groups is 1. The molecule has 0 aliphatic rings. The van der Waals surface area contributed by atoms with E-state index in [2.05, 4.69) is 4.98 Å². The van der Waals surface area contributed by atoms with Crippen molar-refractivity contribution in [2.45, 2.75) is 0 Å². The van der Waals surface area contributed by atoms with Gasteiger partial charge in [-0.15, -0.1) is 0 Å². The van der Waals surface area contributed by atoms with Gasteiger partial charge in [0.2, 0.25) is 0 Å². The summed E-state index contributed by atoms with van der Waals surface area (Å²) in [5, 5.41) is 0. The second-order valence-electron chi connectivity index (χ2n) is 2.43. The zero-order chi connectivity index (χ0) is 8.55. The Balaban J connectivity index is 2.79. The minimum Gasteiger partial charge on any atom is -0.364 e. The zero-order valence-electron chi connectivity index (χ0n) is 6.27. The predicted octanol–water partition coefficient (Wildman–Crippen LogP) is 0.433. The summed E-state index contributed by atoms with van der Waals surface area (Å²) in [5.41, 5.74) is 6.32. The smallest absolute Gasteiger partial charge is 0.265 e. The molecule has 12 heavy (non-hydrogen) atoms. The summed E-state index contributed by atoms with van der Waals surface area (Å²) in [4.78, 5) is 14.9. The van der Waals surface area contributed by atoms with Crippen LogP contribution < -0.4 is 5.73 Å². The summed E-state index contributed by atoms with van der Waals surface area (Å²) in [6, 6.07) is 5.16. The van der Waals surface area contributed by atoms with Crippen LogP contribution in [-0.4, -0.2) is 15.3 Å². The van der Waals surface area contributed by atoms with Gasteiger partial charge in [0.05, 0.1) is 0 Å². The molecule has 1 amide bonds. The van der Waals surface area contributed by atoms with Crippen LogP contribution in [-0.2, 0) is 0 Å². The number of hydrogen-bond acceptors (Lipinski definition) is 2. The summed E-state index contributed by atoms with van der Waals surface area (Å²) in [7, 11) is 0. The molecule has 0 aliphatic carbocycles. The second-order valence-corrected chi connectivity index (χ2v) is 2.43. The number of primary amides is 1. The number of amides is 1. The van der Waals surface area contributed by atoms with Crippen LogP contribution in [0.1, 0.15) is 10.5 Å². The molecular formula is C8H7N3O. The Morgan fingerprint density at radius 1 is 1.50 bits per heavy atom. The molecule has 0 radical (unpaired) electrons. The lowest BCUT2D eigenvalue weighted by atomic mass is 10.4. The van der Waals surface area contributed by atoms with Crippen LogP contribution in [0.15, 0.2) is 30.6 Å². The van der Waals surface area contributed by atoms with Crippen molar-refractivity contribution >= 4 is 11.6 Å². The minimum absolute atomic E-state index is 0.442. The maximum absolute atomic E-state index is 10.8. The van der Waals surface area contributed by atoms with Crippen molar-refractivity contribution in [1.82, 2.24) is 9.38 Å². The summed E-state index contributed by atoms with van der Waals surface area (Å²) in [6.45, 7) is 0. The van der Waals surface area contributed by atoms with Crippen molar-refractivity contribution in [2.24, 2.45) is 5.73 Å². The number of fused-ring (bicyclic) bond motifs is 1. The van der Waals surface area contributed by atoms with E-state index >= 15 is 0 Å². The summed E-state index contributed by atoms with van der Waals surface area (Å²) < 4.78 is 1.66. The van der Waals surface area contributed by atoms with E-state index in [1.54, 1.807) is 35.0 Å². The Kier molecular flexibility index (Phi) is 1.33. The molecular weight excluding hydrogens is 154 g/mol. The normalized spacial score (nSPS) is 10.3. The lowest BCUT2D eigenvalue weighted by Gasteiger charge is -1.95. The highest BCUT2D eigenvalue weighted by molar-refractivity contribution is 5.92. The number of aromatic nitrogens is 2. The molecule has 60 valence electrons. The van der Waals surface area contributed by atoms with E-state index in [4.69, 9.17) is 5.73 Å². The molecule has 0 saturated carbocycles. The molecule has 2 rings (SSSR count). The van der Waals surface area contributed by atoms with E-state index in [1.165, 1.54) is 0 Å². The lowest BCUT2D eigenvalue weighted by Crippen LogP contribution is -2.13. The van der Waals surface area contributed by atoms with E-state index in [9.17, 15) is 4.79 Å². The highest BCUT2D eigenvalue weighted by Crippen LogP contribution is 2.05. The van der Waals surface area contributed by atoms with Crippen molar-refractivity contribution in [3.63, 3.8) is 0 Å². The molecule has 0 spiro atoms. The average molecular weight is 161 g/mol. The average Bonchev–Trinajstić information content (AvgIpc) is 2.47. The van der Waals surface area contributed by atoms with Gasteiger partial charge < -0.3 is 5.73 Å². The Labute approximate surface area is 68.6 Å². The van der Waals surface area contributed by atoms with Gasteiger partial charge in [0.1, 0.15) is 11.3 Å². The quantitative estimate of drug-likeness (QED) is 0.659. The third-order valence-corrected chi connectivity index (χ3v) is 1.68.